The quantitative estimate of drug-likeness (QED) is 0.852. The summed E-state index contributed by atoms with van der Waals surface area (Å²) in [6, 6.07) is 0.577. The number of morpholine rings is 1. The van der Waals surface area contributed by atoms with Crippen LogP contribution in [0.1, 0.15) is 52.9 Å². The fraction of sp³-hybridized carbons (Fsp3) is 1.00. The summed E-state index contributed by atoms with van der Waals surface area (Å²) in [6.45, 7) is 10.7. The minimum absolute atomic E-state index is 0.260. The second kappa shape index (κ2) is 6.55. The zero-order valence-electron chi connectivity index (χ0n) is 13.0. The summed E-state index contributed by atoms with van der Waals surface area (Å²) in [4.78, 5) is 2.70. The smallest absolute Gasteiger partial charge is 0.0622 e. The molecule has 0 bridgehead atoms. The Bertz CT molecular complexity index is 272. The van der Waals surface area contributed by atoms with Crippen LogP contribution in [-0.2, 0) is 4.74 Å². The first-order chi connectivity index (χ1) is 9.13. The van der Waals surface area contributed by atoms with Gasteiger partial charge in [0.2, 0.25) is 0 Å². The lowest BCUT2D eigenvalue weighted by molar-refractivity contribution is -0.0810. The van der Waals surface area contributed by atoms with Crippen molar-refractivity contribution < 1.29 is 4.74 Å². The predicted octanol–water partition coefficient (Wildman–Crippen LogP) is 2.64. The average Bonchev–Trinajstić information content (AvgIpc) is 2.47. The highest BCUT2D eigenvalue weighted by atomic mass is 16.5. The molecule has 0 amide bonds. The third-order valence-electron chi connectivity index (χ3n) is 5.59. The van der Waals surface area contributed by atoms with Crippen LogP contribution >= 0.6 is 0 Å². The van der Waals surface area contributed by atoms with E-state index < -0.39 is 0 Å². The summed E-state index contributed by atoms with van der Waals surface area (Å²) in [5, 5.41) is 0. The van der Waals surface area contributed by atoms with Gasteiger partial charge in [-0.15, -0.1) is 0 Å². The molecule has 1 heterocycles. The van der Waals surface area contributed by atoms with Crippen molar-refractivity contribution in [1.29, 1.82) is 0 Å². The Labute approximate surface area is 118 Å². The molecule has 3 heteroatoms. The Kier molecular flexibility index (Phi) is 5.27. The molecule has 0 aromatic rings. The zero-order chi connectivity index (χ0) is 13.9. The molecule has 1 atom stereocenters. The molecular weight excluding hydrogens is 236 g/mol. The normalized spacial score (nSPS) is 37.7. The standard InChI is InChI=1S/C16H32N2O/c1-4-15-11-19-10-9-18(15)16(12-17)7-5-14(6-8-16)13(2)3/h13-15H,4-12,17H2,1-3H3. The van der Waals surface area contributed by atoms with E-state index >= 15 is 0 Å². The van der Waals surface area contributed by atoms with Crippen molar-refractivity contribution in [1.82, 2.24) is 4.90 Å². The fourth-order valence-corrected chi connectivity index (χ4v) is 4.07. The van der Waals surface area contributed by atoms with Crippen molar-refractivity contribution in [3.63, 3.8) is 0 Å². The first kappa shape index (κ1) is 15.3. The Morgan fingerprint density at radius 2 is 2.00 bits per heavy atom. The SMILES string of the molecule is CCC1COCCN1C1(CN)CCC(C(C)C)CC1. The van der Waals surface area contributed by atoms with E-state index in [4.69, 9.17) is 10.5 Å². The second-order valence-corrected chi connectivity index (χ2v) is 6.84. The lowest BCUT2D eigenvalue weighted by atomic mass is 9.71. The first-order valence-corrected chi connectivity index (χ1v) is 8.17. The highest BCUT2D eigenvalue weighted by molar-refractivity contribution is 4.99. The van der Waals surface area contributed by atoms with E-state index in [0.29, 0.717) is 6.04 Å². The van der Waals surface area contributed by atoms with Gasteiger partial charge in [-0.3, -0.25) is 4.90 Å². The molecular formula is C16H32N2O. The summed E-state index contributed by atoms with van der Waals surface area (Å²) in [5.41, 5.74) is 6.48. The molecule has 1 saturated heterocycles. The largest absolute Gasteiger partial charge is 0.378 e. The van der Waals surface area contributed by atoms with Crippen molar-refractivity contribution >= 4 is 0 Å². The van der Waals surface area contributed by atoms with Crippen LogP contribution in [0.3, 0.4) is 0 Å². The van der Waals surface area contributed by atoms with Crippen molar-refractivity contribution in [3.05, 3.63) is 0 Å². The van der Waals surface area contributed by atoms with Crippen LogP contribution in [0.25, 0.3) is 0 Å². The van der Waals surface area contributed by atoms with Gasteiger partial charge in [-0.2, -0.15) is 0 Å². The van der Waals surface area contributed by atoms with Gasteiger partial charge in [0.1, 0.15) is 0 Å². The van der Waals surface area contributed by atoms with Crippen molar-refractivity contribution in [2.24, 2.45) is 17.6 Å². The summed E-state index contributed by atoms with van der Waals surface area (Å²) in [7, 11) is 0. The molecule has 0 aromatic heterocycles. The zero-order valence-corrected chi connectivity index (χ0v) is 13.0. The molecule has 1 aliphatic heterocycles. The van der Waals surface area contributed by atoms with Gasteiger partial charge >= 0.3 is 0 Å². The number of rotatable bonds is 4. The maximum Gasteiger partial charge on any atom is 0.0622 e. The van der Waals surface area contributed by atoms with E-state index in [-0.39, 0.29) is 5.54 Å². The second-order valence-electron chi connectivity index (χ2n) is 6.84. The average molecular weight is 268 g/mol. The van der Waals surface area contributed by atoms with E-state index in [1.54, 1.807) is 0 Å². The predicted molar refractivity (Wildman–Crippen MR) is 80.2 cm³/mol. The van der Waals surface area contributed by atoms with Crippen molar-refractivity contribution in [2.45, 2.75) is 64.5 Å². The molecule has 1 saturated carbocycles. The molecule has 0 spiro atoms. The van der Waals surface area contributed by atoms with Crippen LogP contribution in [0.15, 0.2) is 0 Å². The number of nitrogens with zero attached hydrogens (tertiary/aromatic N) is 1. The molecule has 19 heavy (non-hydrogen) atoms. The summed E-state index contributed by atoms with van der Waals surface area (Å²) < 4.78 is 5.66. The molecule has 0 aromatic carbocycles. The van der Waals surface area contributed by atoms with E-state index in [0.717, 1.165) is 38.1 Å². The highest BCUT2D eigenvalue weighted by Gasteiger charge is 2.43. The van der Waals surface area contributed by atoms with Crippen LogP contribution in [0.5, 0.6) is 0 Å². The molecule has 3 nitrogen and oxygen atoms in total. The van der Waals surface area contributed by atoms with Crippen LogP contribution < -0.4 is 5.73 Å². The number of nitrogens with two attached hydrogens (primary N) is 1. The molecule has 2 N–H and O–H groups in total. The number of ether oxygens (including phenoxy) is 1. The molecule has 1 unspecified atom stereocenters. The lowest BCUT2D eigenvalue weighted by Crippen LogP contribution is -2.62. The van der Waals surface area contributed by atoms with E-state index in [9.17, 15) is 0 Å². The fourth-order valence-electron chi connectivity index (χ4n) is 4.07. The number of hydrogen-bond donors (Lipinski definition) is 1. The highest BCUT2D eigenvalue weighted by Crippen LogP contribution is 2.40. The van der Waals surface area contributed by atoms with Crippen LogP contribution in [-0.4, -0.2) is 42.8 Å². The van der Waals surface area contributed by atoms with Gasteiger partial charge in [0.05, 0.1) is 13.2 Å². The maximum atomic E-state index is 6.23. The van der Waals surface area contributed by atoms with E-state index in [1.807, 2.05) is 0 Å². The monoisotopic (exact) mass is 268 g/mol. The summed E-state index contributed by atoms with van der Waals surface area (Å²) >= 11 is 0. The van der Waals surface area contributed by atoms with Crippen molar-refractivity contribution in [2.75, 3.05) is 26.3 Å². The minimum Gasteiger partial charge on any atom is -0.378 e. The Balaban J connectivity index is 2.06. The van der Waals surface area contributed by atoms with Gasteiger partial charge < -0.3 is 10.5 Å². The number of hydrogen-bond acceptors (Lipinski definition) is 3. The third kappa shape index (κ3) is 3.14. The first-order valence-electron chi connectivity index (χ1n) is 8.17. The molecule has 0 radical (unpaired) electrons. The van der Waals surface area contributed by atoms with Gasteiger partial charge in [0, 0.05) is 24.7 Å². The maximum absolute atomic E-state index is 6.23. The molecule has 2 fully saturated rings. The minimum atomic E-state index is 0.260. The van der Waals surface area contributed by atoms with Gasteiger partial charge in [-0.1, -0.05) is 20.8 Å². The van der Waals surface area contributed by atoms with Crippen molar-refractivity contribution in [3.8, 4) is 0 Å². The summed E-state index contributed by atoms with van der Waals surface area (Å²) in [5.74, 6) is 1.73. The van der Waals surface area contributed by atoms with Gasteiger partial charge in [-0.25, -0.2) is 0 Å². The molecule has 2 aliphatic rings. The topological polar surface area (TPSA) is 38.5 Å². The van der Waals surface area contributed by atoms with Gasteiger partial charge in [-0.05, 0) is 43.9 Å². The summed E-state index contributed by atoms with van der Waals surface area (Å²) in [6.07, 6.45) is 6.44. The third-order valence-corrected chi connectivity index (χ3v) is 5.59. The lowest BCUT2D eigenvalue weighted by Gasteiger charge is -2.52. The Morgan fingerprint density at radius 1 is 1.32 bits per heavy atom. The van der Waals surface area contributed by atoms with E-state index in [2.05, 4.69) is 25.7 Å². The van der Waals surface area contributed by atoms with Crippen LogP contribution in [0.2, 0.25) is 0 Å². The molecule has 1 aliphatic carbocycles. The van der Waals surface area contributed by atoms with Crippen LogP contribution in [0.4, 0.5) is 0 Å². The van der Waals surface area contributed by atoms with E-state index in [1.165, 1.54) is 32.1 Å². The van der Waals surface area contributed by atoms with Gasteiger partial charge in [0.25, 0.3) is 0 Å². The van der Waals surface area contributed by atoms with Crippen LogP contribution in [0, 0.1) is 11.8 Å². The Morgan fingerprint density at radius 3 is 2.53 bits per heavy atom. The molecule has 112 valence electrons. The van der Waals surface area contributed by atoms with Gasteiger partial charge in [0.15, 0.2) is 0 Å². The Hall–Kier alpha value is -0.120. The molecule has 2 rings (SSSR count).